The molecule has 3 N–H and O–H groups in total. The Hall–Kier alpha value is -4.10. The van der Waals surface area contributed by atoms with Crippen LogP contribution in [0.5, 0.6) is 11.5 Å². The Labute approximate surface area is 215 Å². The molecular weight excluding hydrogens is 520 g/mol. The van der Waals surface area contributed by atoms with Crippen LogP contribution < -0.4 is 10.9 Å². The lowest BCUT2D eigenvalue weighted by atomic mass is 9.92. The van der Waals surface area contributed by atoms with Gasteiger partial charge in [-0.05, 0) is 57.0 Å². The minimum Gasteiger partial charge on any atom is -0.508 e. The van der Waals surface area contributed by atoms with Gasteiger partial charge in [0.1, 0.15) is 17.1 Å². The SMILES string of the molecule is Cn1c(=O)c(C(=O)CC(Nc2ccccc2Br)c2c(O)ccc3ccccc23)c(O)c2ccccc21. The number of nitrogens with one attached hydrogen (secondary N) is 1. The molecule has 0 saturated carbocycles. The second-order valence-electron chi connectivity index (χ2n) is 8.63. The average molecular weight is 543 g/mol. The molecule has 1 heterocycles. The number of fused-ring (bicyclic) bond motifs is 2. The lowest BCUT2D eigenvalue weighted by molar-refractivity contribution is 0.0972. The number of Topliss-reactive ketones (excluding diaryl/α,β-unsaturated/α-hetero) is 1. The minimum atomic E-state index is -0.696. The standard InChI is InChI=1S/C29H23BrN2O4/c1-32-23-13-7-4-10-19(23)28(35)27(29(32)36)25(34)16-22(31-21-12-6-5-11-20(21)30)26-18-9-3-2-8-17(18)14-15-24(26)33/h2-15,22,31,33,35H,16H2,1H3. The van der Waals surface area contributed by atoms with Crippen molar-refractivity contribution in [1.29, 1.82) is 0 Å². The van der Waals surface area contributed by atoms with Crippen molar-refractivity contribution in [3.8, 4) is 11.5 Å². The molecule has 6 nitrogen and oxygen atoms in total. The van der Waals surface area contributed by atoms with E-state index in [1.807, 2.05) is 54.6 Å². The van der Waals surface area contributed by atoms with Crippen LogP contribution in [-0.2, 0) is 7.05 Å². The van der Waals surface area contributed by atoms with Crippen molar-refractivity contribution >= 4 is 49.1 Å². The summed E-state index contributed by atoms with van der Waals surface area (Å²) in [6.07, 6.45) is -0.177. The van der Waals surface area contributed by atoms with E-state index >= 15 is 0 Å². The Morgan fingerprint density at radius 1 is 0.917 bits per heavy atom. The summed E-state index contributed by atoms with van der Waals surface area (Å²) >= 11 is 3.53. The van der Waals surface area contributed by atoms with Crippen molar-refractivity contribution in [2.75, 3.05) is 5.32 Å². The molecule has 0 amide bonds. The molecule has 0 aliphatic carbocycles. The molecule has 1 atom stereocenters. The third kappa shape index (κ3) is 4.12. The summed E-state index contributed by atoms with van der Waals surface area (Å²) in [6.45, 7) is 0. The summed E-state index contributed by atoms with van der Waals surface area (Å²) in [5.41, 5.74) is 0.951. The fourth-order valence-corrected chi connectivity index (χ4v) is 5.06. The maximum Gasteiger partial charge on any atom is 0.265 e. The van der Waals surface area contributed by atoms with Crippen molar-refractivity contribution in [1.82, 2.24) is 4.57 Å². The van der Waals surface area contributed by atoms with Gasteiger partial charge in [0.15, 0.2) is 5.78 Å². The molecule has 5 rings (SSSR count). The van der Waals surface area contributed by atoms with E-state index in [2.05, 4.69) is 21.2 Å². The Balaban J connectivity index is 1.66. The summed E-state index contributed by atoms with van der Waals surface area (Å²) in [5, 5.41) is 27.4. The van der Waals surface area contributed by atoms with Gasteiger partial charge in [-0.15, -0.1) is 0 Å². The van der Waals surface area contributed by atoms with Crippen molar-refractivity contribution in [2.24, 2.45) is 7.05 Å². The van der Waals surface area contributed by atoms with Crippen LogP contribution in [0.3, 0.4) is 0 Å². The van der Waals surface area contributed by atoms with Gasteiger partial charge in [-0.25, -0.2) is 0 Å². The molecule has 0 fully saturated rings. The van der Waals surface area contributed by atoms with E-state index in [0.717, 1.165) is 20.9 Å². The molecule has 1 unspecified atom stereocenters. The second kappa shape index (κ2) is 9.51. The maximum atomic E-state index is 13.7. The zero-order valence-corrected chi connectivity index (χ0v) is 21.0. The van der Waals surface area contributed by atoms with Crippen LogP contribution in [0.2, 0.25) is 0 Å². The normalized spacial score (nSPS) is 12.1. The van der Waals surface area contributed by atoms with E-state index in [1.165, 1.54) is 4.57 Å². The number of ketones is 1. The zero-order chi connectivity index (χ0) is 25.4. The van der Waals surface area contributed by atoms with E-state index in [9.17, 15) is 19.8 Å². The molecule has 4 aromatic carbocycles. The van der Waals surface area contributed by atoms with Gasteiger partial charge in [-0.3, -0.25) is 9.59 Å². The molecule has 7 heteroatoms. The molecule has 0 aliphatic heterocycles. The number of aryl methyl sites for hydroxylation is 1. The maximum absolute atomic E-state index is 13.7. The van der Waals surface area contributed by atoms with Crippen molar-refractivity contribution in [3.05, 3.63) is 111 Å². The number of hydrogen-bond donors (Lipinski definition) is 3. The van der Waals surface area contributed by atoms with Crippen LogP contribution in [0.25, 0.3) is 21.7 Å². The number of pyridine rings is 1. The van der Waals surface area contributed by atoms with Crippen molar-refractivity contribution < 1.29 is 15.0 Å². The Bertz CT molecular complexity index is 1690. The quantitative estimate of drug-likeness (QED) is 0.219. The van der Waals surface area contributed by atoms with Crippen LogP contribution in [-0.4, -0.2) is 20.6 Å². The number of anilines is 1. The van der Waals surface area contributed by atoms with E-state index in [0.29, 0.717) is 16.5 Å². The Morgan fingerprint density at radius 2 is 1.58 bits per heavy atom. The number of phenolic OH excluding ortho intramolecular Hbond substituents is 1. The number of hydrogen-bond acceptors (Lipinski definition) is 5. The highest BCUT2D eigenvalue weighted by Crippen LogP contribution is 2.38. The molecule has 5 aromatic rings. The molecule has 180 valence electrons. The molecule has 0 radical (unpaired) electrons. The lowest BCUT2D eigenvalue weighted by Crippen LogP contribution is -2.27. The first-order valence-corrected chi connectivity index (χ1v) is 12.2. The monoisotopic (exact) mass is 542 g/mol. The number of carbonyl (C=O) groups excluding carboxylic acids is 1. The highest BCUT2D eigenvalue weighted by molar-refractivity contribution is 9.10. The van der Waals surface area contributed by atoms with Crippen molar-refractivity contribution in [3.63, 3.8) is 0 Å². The van der Waals surface area contributed by atoms with Gasteiger partial charge in [0, 0.05) is 34.6 Å². The number of benzene rings is 4. The number of aromatic hydroxyl groups is 2. The van der Waals surface area contributed by atoms with Gasteiger partial charge in [-0.2, -0.15) is 0 Å². The summed E-state index contributed by atoms with van der Waals surface area (Å²) in [4.78, 5) is 26.8. The number of aromatic nitrogens is 1. The molecule has 0 bridgehead atoms. The van der Waals surface area contributed by atoms with Crippen molar-refractivity contribution in [2.45, 2.75) is 12.5 Å². The van der Waals surface area contributed by atoms with Crippen LogP contribution in [0, 0.1) is 0 Å². The fraction of sp³-hybridized carbons (Fsp3) is 0.103. The smallest absolute Gasteiger partial charge is 0.265 e. The largest absolute Gasteiger partial charge is 0.508 e. The predicted octanol–water partition coefficient (Wildman–Crippen LogP) is 6.29. The zero-order valence-electron chi connectivity index (χ0n) is 19.4. The molecule has 0 aliphatic rings. The number of para-hydroxylation sites is 2. The molecule has 36 heavy (non-hydrogen) atoms. The third-order valence-electron chi connectivity index (χ3n) is 6.44. The van der Waals surface area contributed by atoms with Gasteiger partial charge >= 0.3 is 0 Å². The van der Waals surface area contributed by atoms with Gasteiger partial charge in [-0.1, -0.05) is 54.6 Å². The average Bonchev–Trinajstić information content (AvgIpc) is 2.88. The summed E-state index contributed by atoms with van der Waals surface area (Å²) in [7, 11) is 1.58. The summed E-state index contributed by atoms with van der Waals surface area (Å²) in [5.74, 6) is -0.835. The number of rotatable bonds is 6. The second-order valence-corrected chi connectivity index (χ2v) is 9.48. The van der Waals surface area contributed by atoms with Gasteiger partial charge in [0.25, 0.3) is 5.56 Å². The molecule has 0 spiro atoms. The van der Waals surface area contributed by atoms with E-state index in [4.69, 9.17) is 0 Å². The number of carbonyl (C=O) groups is 1. The van der Waals surface area contributed by atoms with Gasteiger partial charge in [0.2, 0.25) is 0 Å². The first-order valence-electron chi connectivity index (χ1n) is 11.4. The minimum absolute atomic E-state index is 0.0293. The van der Waals surface area contributed by atoms with E-state index < -0.39 is 17.4 Å². The van der Waals surface area contributed by atoms with Crippen LogP contribution in [0.15, 0.2) is 94.2 Å². The van der Waals surface area contributed by atoms with Gasteiger partial charge < -0.3 is 20.1 Å². The Morgan fingerprint density at radius 3 is 2.36 bits per heavy atom. The van der Waals surface area contributed by atoms with Gasteiger partial charge in [0.05, 0.1) is 11.6 Å². The molecule has 1 aromatic heterocycles. The number of phenols is 1. The highest BCUT2D eigenvalue weighted by atomic mass is 79.9. The number of nitrogens with zero attached hydrogens (tertiary/aromatic N) is 1. The van der Waals surface area contributed by atoms with Crippen LogP contribution in [0.1, 0.15) is 28.4 Å². The first kappa shape index (κ1) is 23.6. The lowest BCUT2D eigenvalue weighted by Gasteiger charge is -2.23. The molecular formula is C29H23BrN2O4. The number of halogens is 1. The van der Waals surface area contributed by atoms with E-state index in [1.54, 1.807) is 37.4 Å². The summed E-state index contributed by atoms with van der Waals surface area (Å²) in [6, 6.07) is 24.7. The summed E-state index contributed by atoms with van der Waals surface area (Å²) < 4.78 is 2.15. The van der Waals surface area contributed by atoms with Crippen LogP contribution >= 0.6 is 15.9 Å². The van der Waals surface area contributed by atoms with E-state index in [-0.39, 0.29) is 23.5 Å². The first-order chi connectivity index (χ1) is 17.4. The Kier molecular flexibility index (Phi) is 6.24. The predicted molar refractivity (Wildman–Crippen MR) is 146 cm³/mol. The molecule has 0 saturated heterocycles. The fourth-order valence-electron chi connectivity index (χ4n) is 4.66. The third-order valence-corrected chi connectivity index (χ3v) is 7.14. The highest BCUT2D eigenvalue weighted by Gasteiger charge is 2.27. The topological polar surface area (TPSA) is 91.6 Å². The van der Waals surface area contributed by atoms with Crippen LogP contribution in [0.4, 0.5) is 5.69 Å².